The van der Waals surface area contributed by atoms with Crippen molar-refractivity contribution in [3.8, 4) is 0 Å². The molecular weight excluding hydrogens is 208 g/mol. The summed E-state index contributed by atoms with van der Waals surface area (Å²) in [7, 11) is 0. The van der Waals surface area contributed by atoms with E-state index in [0.717, 1.165) is 5.92 Å². The van der Waals surface area contributed by atoms with E-state index in [9.17, 15) is 0 Å². The zero-order valence-corrected chi connectivity index (χ0v) is 10.4. The van der Waals surface area contributed by atoms with Crippen LogP contribution in [0, 0.1) is 5.92 Å². The van der Waals surface area contributed by atoms with Crippen LogP contribution in [0.3, 0.4) is 0 Å². The lowest BCUT2D eigenvalue weighted by Gasteiger charge is -2.34. The van der Waals surface area contributed by atoms with Crippen LogP contribution in [0.1, 0.15) is 55.7 Å². The first-order chi connectivity index (χ1) is 8.34. The Morgan fingerprint density at radius 1 is 1.29 bits per heavy atom. The fourth-order valence-electron chi connectivity index (χ4n) is 3.34. The molecule has 2 atom stereocenters. The van der Waals surface area contributed by atoms with Gasteiger partial charge in [0.25, 0.3) is 0 Å². The maximum atomic E-state index is 6.43. The number of hydrogen-bond donors (Lipinski definition) is 1. The van der Waals surface area contributed by atoms with Crippen molar-refractivity contribution in [2.75, 3.05) is 0 Å². The van der Waals surface area contributed by atoms with Crippen molar-refractivity contribution in [1.82, 2.24) is 4.98 Å². The zero-order valence-electron chi connectivity index (χ0n) is 10.4. The topological polar surface area (TPSA) is 38.9 Å². The van der Waals surface area contributed by atoms with Crippen LogP contribution in [0.4, 0.5) is 0 Å². The SMILES string of the molecule is NC(CC1CCC1)C1CCCc2cccnc21. The predicted octanol–water partition coefficient (Wildman–Crippen LogP) is 3.02. The molecule has 0 amide bonds. The second kappa shape index (κ2) is 4.77. The molecule has 0 aromatic carbocycles. The van der Waals surface area contributed by atoms with Gasteiger partial charge in [-0.1, -0.05) is 25.3 Å². The summed E-state index contributed by atoms with van der Waals surface area (Å²) < 4.78 is 0. The molecule has 0 spiro atoms. The Bertz CT molecular complexity index is 384. The van der Waals surface area contributed by atoms with Gasteiger partial charge in [0.15, 0.2) is 0 Å². The van der Waals surface area contributed by atoms with Crippen LogP contribution in [0.15, 0.2) is 18.3 Å². The molecule has 0 bridgehead atoms. The lowest BCUT2D eigenvalue weighted by atomic mass is 9.75. The minimum Gasteiger partial charge on any atom is -0.327 e. The van der Waals surface area contributed by atoms with Crippen molar-refractivity contribution < 1.29 is 0 Å². The third kappa shape index (κ3) is 2.23. The Kier molecular flexibility index (Phi) is 3.15. The highest BCUT2D eigenvalue weighted by molar-refractivity contribution is 5.27. The molecule has 1 heterocycles. The highest BCUT2D eigenvalue weighted by Crippen LogP contribution is 2.37. The number of rotatable bonds is 3. The first-order valence-corrected chi connectivity index (χ1v) is 7.04. The summed E-state index contributed by atoms with van der Waals surface area (Å²) in [6.45, 7) is 0. The second-order valence-electron chi connectivity index (χ2n) is 5.74. The predicted molar refractivity (Wildman–Crippen MR) is 69.8 cm³/mol. The third-order valence-electron chi connectivity index (χ3n) is 4.59. The summed E-state index contributed by atoms with van der Waals surface area (Å²) in [6, 6.07) is 4.61. The number of aromatic nitrogens is 1. The maximum Gasteiger partial charge on any atom is 0.0481 e. The molecule has 2 N–H and O–H groups in total. The first kappa shape index (κ1) is 11.2. The number of fused-ring (bicyclic) bond motifs is 1. The standard InChI is InChI=1S/C15H22N2/c16-14(10-11-4-1-5-11)13-8-2-6-12-7-3-9-17-15(12)13/h3,7,9,11,13-14H,1-2,4-6,8,10,16H2. The van der Waals surface area contributed by atoms with Crippen molar-refractivity contribution in [1.29, 1.82) is 0 Å². The fraction of sp³-hybridized carbons (Fsp3) is 0.667. The van der Waals surface area contributed by atoms with Crippen LogP contribution in [0.5, 0.6) is 0 Å². The molecule has 2 aliphatic carbocycles. The van der Waals surface area contributed by atoms with Gasteiger partial charge in [-0.05, 0) is 43.2 Å². The first-order valence-electron chi connectivity index (χ1n) is 7.04. The molecule has 1 fully saturated rings. The Hall–Kier alpha value is -0.890. The van der Waals surface area contributed by atoms with E-state index >= 15 is 0 Å². The molecule has 2 aliphatic rings. The number of pyridine rings is 1. The van der Waals surface area contributed by atoms with Crippen molar-refractivity contribution in [2.24, 2.45) is 11.7 Å². The van der Waals surface area contributed by atoms with Gasteiger partial charge in [0.1, 0.15) is 0 Å². The quantitative estimate of drug-likeness (QED) is 0.867. The van der Waals surface area contributed by atoms with Gasteiger partial charge in [0.2, 0.25) is 0 Å². The fourth-order valence-corrected chi connectivity index (χ4v) is 3.34. The van der Waals surface area contributed by atoms with E-state index in [1.54, 1.807) is 0 Å². The second-order valence-corrected chi connectivity index (χ2v) is 5.74. The zero-order chi connectivity index (χ0) is 11.7. The highest BCUT2D eigenvalue weighted by Gasteiger charge is 2.29. The van der Waals surface area contributed by atoms with Crippen LogP contribution in [-0.2, 0) is 6.42 Å². The summed E-state index contributed by atoms with van der Waals surface area (Å²) in [5.74, 6) is 1.42. The minimum absolute atomic E-state index is 0.328. The van der Waals surface area contributed by atoms with Crippen LogP contribution in [0.25, 0.3) is 0 Å². The van der Waals surface area contributed by atoms with Gasteiger partial charge in [-0.3, -0.25) is 4.98 Å². The minimum atomic E-state index is 0.328. The van der Waals surface area contributed by atoms with E-state index in [1.165, 1.54) is 56.2 Å². The summed E-state index contributed by atoms with van der Waals surface area (Å²) >= 11 is 0. The Labute approximate surface area is 104 Å². The molecule has 3 rings (SSSR count). The molecule has 0 radical (unpaired) electrons. The largest absolute Gasteiger partial charge is 0.327 e. The molecule has 17 heavy (non-hydrogen) atoms. The summed E-state index contributed by atoms with van der Waals surface area (Å²) in [5.41, 5.74) is 9.17. The number of nitrogens with two attached hydrogens (primary N) is 1. The normalized spacial score (nSPS) is 26.1. The van der Waals surface area contributed by atoms with E-state index < -0.39 is 0 Å². The van der Waals surface area contributed by atoms with E-state index in [0.29, 0.717) is 12.0 Å². The lowest BCUT2D eigenvalue weighted by molar-refractivity contribution is 0.257. The molecular formula is C15H22N2. The lowest BCUT2D eigenvalue weighted by Crippen LogP contribution is -2.34. The van der Waals surface area contributed by atoms with E-state index in [2.05, 4.69) is 17.1 Å². The molecule has 0 aliphatic heterocycles. The van der Waals surface area contributed by atoms with E-state index in [-0.39, 0.29) is 0 Å². The summed E-state index contributed by atoms with van der Waals surface area (Å²) in [4.78, 5) is 4.59. The Balaban J connectivity index is 1.74. The number of aryl methyl sites for hydroxylation is 1. The molecule has 1 saturated carbocycles. The van der Waals surface area contributed by atoms with Gasteiger partial charge in [0.05, 0.1) is 0 Å². The van der Waals surface area contributed by atoms with Gasteiger partial charge in [-0.25, -0.2) is 0 Å². The number of nitrogens with zero attached hydrogens (tertiary/aromatic N) is 1. The van der Waals surface area contributed by atoms with Crippen molar-refractivity contribution >= 4 is 0 Å². The third-order valence-corrected chi connectivity index (χ3v) is 4.59. The van der Waals surface area contributed by atoms with E-state index in [4.69, 9.17) is 5.73 Å². The molecule has 2 unspecified atom stereocenters. The maximum absolute atomic E-state index is 6.43. The monoisotopic (exact) mass is 230 g/mol. The highest BCUT2D eigenvalue weighted by atomic mass is 14.7. The van der Waals surface area contributed by atoms with Crippen molar-refractivity contribution in [3.05, 3.63) is 29.6 Å². The van der Waals surface area contributed by atoms with Gasteiger partial charge >= 0.3 is 0 Å². The molecule has 2 nitrogen and oxygen atoms in total. The van der Waals surface area contributed by atoms with Gasteiger partial charge in [-0.2, -0.15) is 0 Å². The van der Waals surface area contributed by atoms with Crippen molar-refractivity contribution in [2.45, 2.75) is 56.9 Å². The number of hydrogen-bond acceptors (Lipinski definition) is 2. The van der Waals surface area contributed by atoms with Gasteiger partial charge in [-0.15, -0.1) is 0 Å². The van der Waals surface area contributed by atoms with Crippen LogP contribution < -0.4 is 5.73 Å². The van der Waals surface area contributed by atoms with Crippen LogP contribution >= 0.6 is 0 Å². The van der Waals surface area contributed by atoms with Crippen LogP contribution in [0.2, 0.25) is 0 Å². The Morgan fingerprint density at radius 3 is 2.94 bits per heavy atom. The van der Waals surface area contributed by atoms with Crippen molar-refractivity contribution in [3.63, 3.8) is 0 Å². The van der Waals surface area contributed by atoms with Gasteiger partial charge in [0, 0.05) is 23.9 Å². The molecule has 2 heteroatoms. The smallest absolute Gasteiger partial charge is 0.0481 e. The average molecular weight is 230 g/mol. The summed E-state index contributed by atoms with van der Waals surface area (Å²) in [5, 5.41) is 0. The van der Waals surface area contributed by atoms with Crippen LogP contribution in [-0.4, -0.2) is 11.0 Å². The molecule has 0 saturated heterocycles. The Morgan fingerprint density at radius 2 is 2.18 bits per heavy atom. The molecule has 92 valence electrons. The van der Waals surface area contributed by atoms with E-state index in [1.807, 2.05) is 6.20 Å². The van der Waals surface area contributed by atoms with Gasteiger partial charge < -0.3 is 5.73 Å². The summed E-state index contributed by atoms with van der Waals surface area (Å²) in [6.07, 6.45) is 11.0. The molecule has 1 aromatic heterocycles. The average Bonchev–Trinajstić information content (AvgIpc) is 2.33. The molecule has 1 aromatic rings.